The Morgan fingerprint density at radius 1 is 0.895 bits per heavy atom. The minimum atomic E-state index is -3.68. The van der Waals surface area contributed by atoms with Crippen LogP contribution in [0.4, 0.5) is 4.39 Å². The fraction of sp³-hybridized carbons (Fsp3) is 0.310. The van der Waals surface area contributed by atoms with Crippen LogP contribution in [0.15, 0.2) is 89.8 Å². The lowest BCUT2D eigenvalue weighted by molar-refractivity contribution is -0.141. The van der Waals surface area contributed by atoms with Crippen LogP contribution in [0.2, 0.25) is 0 Å². The topological polar surface area (TPSA) is 86.8 Å². The SMILES string of the molecule is CCNC(=O)[C@H](Cc1ccccc1)N(Cc1ccc(F)cc1)C(=O)CCCN(C)S(=O)(=O)c1ccccc1. The van der Waals surface area contributed by atoms with Gasteiger partial charge in [-0.25, -0.2) is 17.1 Å². The summed E-state index contributed by atoms with van der Waals surface area (Å²) >= 11 is 0. The van der Waals surface area contributed by atoms with E-state index in [9.17, 15) is 22.4 Å². The van der Waals surface area contributed by atoms with Gasteiger partial charge in [0.1, 0.15) is 11.9 Å². The highest BCUT2D eigenvalue weighted by Crippen LogP contribution is 2.18. The molecule has 0 unspecified atom stereocenters. The number of halogens is 1. The third-order valence-corrected chi connectivity index (χ3v) is 8.07. The van der Waals surface area contributed by atoms with Crippen LogP contribution in [0.3, 0.4) is 0 Å². The maximum Gasteiger partial charge on any atom is 0.243 e. The zero-order chi connectivity index (χ0) is 27.5. The fourth-order valence-electron chi connectivity index (χ4n) is 4.12. The number of hydrogen-bond acceptors (Lipinski definition) is 4. The van der Waals surface area contributed by atoms with Gasteiger partial charge in [0.05, 0.1) is 4.90 Å². The number of likely N-dealkylation sites (N-methyl/N-ethyl adjacent to an activating group) is 1. The molecule has 202 valence electrons. The lowest BCUT2D eigenvalue weighted by Gasteiger charge is -2.31. The van der Waals surface area contributed by atoms with Crippen LogP contribution in [-0.2, 0) is 32.6 Å². The zero-order valence-electron chi connectivity index (χ0n) is 21.7. The number of rotatable bonds is 13. The van der Waals surface area contributed by atoms with Crippen LogP contribution in [0.25, 0.3) is 0 Å². The number of sulfonamides is 1. The third kappa shape index (κ3) is 7.97. The number of carbonyl (C=O) groups excluding carboxylic acids is 2. The van der Waals surface area contributed by atoms with E-state index in [0.717, 1.165) is 5.56 Å². The van der Waals surface area contributed by atoms with E-state index >= 15 is 0 Å². The molecule has 1 N–H and O–H groups in total. The van der Waals surface area contributed by atoms with E-state index in [0.29, 0.717) is 18.5 Å². The number of amides is 2. The molecule has 3 rings (SSSR count). The molecule has 0 aromatic heterocycles. The van der Waals surface area contributed by atoms with Gasteiger partial charge in [-0.15, -0.1) is 0 Å². The Balaban J connectivity index is 1.79. The maximum absolute atomic E-state index is 13.6. The van der Waals surface area contributed by atoms with Crippen molar-refractivity contribution in [2.24, 2.45) is 0 Å². The van der Waals surface area contributed by atoms with Gasteiger partial charge in [-0.3, -0.25) is 9.59 Å². The molecule has 0 fully saturated rings. The summed E-state index contributed by atoms with van der Waals surface area (Å²) in [6, 6.07) is 22.6. The summed E-state index contributed by atoms with van der Waals surface area (Å²) in [4.78, 5) is 28.4. The highest BCUT2D eigenvalue weighted by molar-refractivity contribution is 7.89. The molecular formula is C29H34FN3O4S. The van der Waals surface area contributed by atoms with Gasteiger partial charge in [0, 0.05) is 39.5 Å². The van der Waals surface area contributed by atoms with Gasteiger partial charge < -0.3 is 10.2 Å². The average Bonchev–Trinajstić information content (AvgIpc) is 2.92. The van der Waals surface area contributed by atoms with E-state index in [-0.39, 0.29) is 48.5 Å². The molecular weight excluding hydrogens is 505 g/mol. The number of nitrogens with zero attached hydrogens (tertiary/aromatic N) is 2. The third-order valence-electron chi connectivity index (χ3n) is 6.20. The smallest absolute Gasteiger partial charge is 0.243 e. The molecule has 3 aromatic carbocycles. The second-order valence-electron chi connectivity index (χ2n) is 8.99. The van der Waals surface area contributed by atoms with Crippen LogP contribution in [0.5, 0.6) is 0 Å². The monoisotopic (exact) mass is 539 g/mol. The Labute approximate surface area is 224 Å². The van der Waals surface area contributed by atoms with Gasteiger partial charge in [-0.2, -0.15) is 0 Å². The van der Waals surface area contributed by atoms with Gasteiger partial charge in [0.2, 0.25) is 21.8 Å². The van der Waals surface area contributed by atoms with Crippen molar-refractivity contribution in [3.8, 4) is 0 Å². The molecule has 3 aromatic rings. The Morgan fingerprint density at radius 2 is 1.50 bits per heavy atom. The number of nitrogens with one attached hydrogen (secondary N) is 1. The van der Waals surface area contributed by atoms with Crippen LogP contribution in [0, 0.1) is 5.82 Å². The Bertz CT molecular complexity index is 1290. The molecule has 0 bridgehead atoms. The molecule has 0 spiro atoms. The van der Waals surface area contributed by atoms with Crippen molar-refractivity contribution in [1.82, 2.24) is 14.5 Å². The summed E-state index contributed by atoms with van der Waals surface area (Å²) < 4.78 is 40.4. The van der Waals surface area contributed by atoms with E-state index in [1.54, 1.807) is 30.3 Å². The van der Waals surface area contributed by atoms with E-state index in [2.05, 4.69) is 5.32 Å². The summed E-state index contributed by atoms with van der Waals surface area (Å²) in [6.07, 6.45) is 0.622. The Hall–Kier alpha value is -3.56. The summed E-state index contributed by atoms with van der Waals surface area (Å²) in [6.45, 7) is 2.47. The summed E-state index contributed by atoms with van der Waals surface area (Å²) in [7, 11) is -2.20. The summed E-state index contributed by atoms with van der Waals surface area (Å²) in [5, 5.41) is 2.83. The molecule has 0 saturated carbocycles. The Morgan fingerprint density at radius 3 is 2.11 bits per heavy atom. The van der Waals surface area contributed by atoms with Crippen LogP contribution in [-0.4, -0.2) is 55.6 Å². The van der Waals surface area contributed by atoms with Crippen molar-refractivity contribution in [3.63, 3.8) is 0 Å². The summed E-state index contributed by atoms with van der Waals surface area (Å²) in [5.41, 5.74) is 1.58. The highest BCUT2D eigenvalue weighted by Gasteiger charge is 2.30. The first-order chi connectivity index (χ1) is 18.2. The van der Waals surface area contributed by atoms with Gasteiger partial charge >= 0.3 is 0 Å². The molecule has 38 heavy (non-hydrogen) atoms. The number of hydrogen-bond donors (Lipinski definition) is 1. The van der Waals surface area contributed by atoms with Crippen LogP contribution >= 0.6 is 0 Å². The van der Waals surface area contributed by atoms with Crippen LogP contribution < -0.4 is 5.32 Å². The van der Waals surface area contributed by atoms with Crippen LogP contribution in [0.1, 0.15) is 30.9 Å². The van der Waals surface area contributed by atoms with E-state index in [1.165, 1.54) is 40.5 Å². The number of carbonyl (C=O) groups is 2. The largest absolute Gasteiger partial charge is 0.355 e. The van der Waals surface area contributed by atoms with Crippen molar-refractivity contribution >= 4 is 21.8 Å². The van der Waals surface area contributed by atoms with E-state index in [4.69, 9.17) is 0 Å². The lowest BCUT2D eigenvalue weighted by Crippen LogP contribution is -2.50. The van der Waals surface area contributed by atoms with Gasteiger partial charge in [0.25, 0.3) is 0 Å². The van der Waals surface area contributed by atoms with E-state index < -0.39 is 16.1 Å². The van der Waals surface area contributed by atoms with Gasteiger partial charge in [-0.1, -0.05) is 60.7 Å². The first-order valence-corrected chi connectivity index (χ1v) is 14.0. The second kappa shape index (κ2) is 13.8. The van der Waals surface area contributed by atoms with Crippen molar-refractivity contribution in [3.05, 3.63) is 102 Å². The molecule has 0 aliphatic rings. The predicted molar refractivity (Wildman–Crippen MR) is 145 cm³/mol. The molecule has 0 saturated heterocycles. The minimum Gasteiger partial charge on any atom is -0.355 e. The fourth-order valence-corrected chi connectivity index (χ4v) is 5.35. The van der Waals surface area contributed by atoms with Crippen molar-refractivity contribution in [1.29, 1.82) is 0 Å². The number of benzene rings is 3. The minimum absolute atomic E-state index is 0.0422. The molecule has 0 aliphatic carbocycles. The van der Waals surface area contributed by atoms with E-state index in [1.807, 2.05) is 37.3 Å². The molecule has 7 nitrogen and oxygen atoms in total. The molecule has 0 heterocycles. The maximum atomic E-state index is 13.6. The average molecular weight is 540 g/mol. The predicted octanol–water partition coefficient (Wildman–Crippen LogP) is 4.00. The van der Waals surface area contributed by atoms with Crippen molar-refractivity contribution < 1.29 is 22.4 Å². The molecule has 0 radical (unpaired) electrons. The Kier molecular flexibility index (Phi) is 10.6. The first kappa shape index (κ1) is 29.0. The molecule has 0 aliphatic heterocycles. The van der Waals surface area contributed by atoms with Crippen molar-refractivity contribution in [2.75, 3.05) is 20.1 Å². The first-order valence-electron chi connectivity index (χ1n) is 12.6. The highest BCUT2D eigenvalue weighted by atomic mass is 32.2. The quantitative estimate of drug-likeness (QED) is 0.356. The second-order valence-corrected chi connectivity index (χ2v) is 11.0. The molecule has 9 heteroatoms. The zero-order valence-corrected chi connectivity index (χ0v) is 22.5. The lowest BCUT2D eigenvalue weighted by atomic mass is 10.0. The van der Waals surface area contributed by atoms with Gasteiger partial charge in [-0.05, 0) is 48.7 Å². The standard InChI is InChI=1S/C29H34FN3O4S/c1-3-31-29(35)27(21-23-11-6-4-7-12-23)33(22-24-16-18-25(30)19-17-24)28(34)15-10-20-32(2)38(36,37)26-13-8-5-9-14-26/h4-9,11-14,16-19,27H,3,10,15,20-22H2,1-2H3,(H,31,35)/t27-/m0/s1. The van der Waals surface area contributed by atoms with Gasteiger partial charge in [0.15, 0.2) is 0 Å². The summed E-state index contributed by atoms with van der Waals surface area (Å²) in [5.74, 6) is -0.957. The van der Waals surface area contributed by atoms with Crippen molar-refractivity contribution in [2.45, 2.75) is 43.7 Å². The normalized spacial score (nSPS) is 12.2. The molecule has 1 atom stereocenters. The molecule has 2 amide bonds.